The molecule has 0 amide bonds. The van der Waals surface area contributed by atoms with Crippen LogP contribution in [0.25, 0.3) is 72.6 Å². The molecule has 4 heterocycles. The fourth-order valence-electron chi connectivity index (χ4n) is 7.01. The van der Waals surface area contributed by atoms with Gasteiger partial charge in [-0.15, -0.1) is 53.6 Å². The molecule has 0 aliphatic heterocycles. The standard InChI is InChI=1S/C33H24N3O.C17H20N.Ir/c1-21(2)23-16-17-34-28(18-23)26-15-9-14-25-27-19-29-30(20-31(27)37-32(25)26)36(24-12-7-4-8-13-24)33(35-29)22-10-5-3-6-11-22;1-12(2)14-6-5-7-16(10-14)17-11-15(13(3)4)8-9-18-17;/h3-14,16-21H,1-2H3;5-6,8-13H,1-4H3;/q2*-1;. The van der Waals surface area contributed by atoms with Crippen LogP contribution in [0.1, 0.15) is 76.0 Å². The Kier molecular flexibility index (Phi) is 11.4. The molecule has 0 unspecified atom stereocenters. The molecule has 9 rings (SSSR count). The number of hydrogen-bond donors (Lipinski definition) is 0. The summed E-state index contributed by atoms with van der Waals surface area (Å²) in [6, 6.07) is 50.4. The van der Waals surface area contributed by atoms with Gasteiger partial charge >= 0.3 is 0 Å². The van der Waals surface area contributed by atoms with Crippen molar-refractivity contribution in [2.75, 3.05) is 0 Å². The average molecular weight is 909 g/mol. The number of benzene rings is 5. The Balaban J connectivity index is 0.000000214. The molecule has 0 aliphatic rings. The van der Waals surface area contributed by atoms with Crippen LogP contribution in [-0.2, 0) is 20.1 Å². The summed E-state index contributed by atoms with van der Waals surface area (Å²) in [5, 5.41) is 2.08. The average Bonchev–Trinajstić information content (AvgIpc) is 3.78. The third kappa shape index (κ3) is 7.73. The molecule has 0 atom stereocenters. The fraction of sp³-hybridized carbons (Fsp3) is 0.180. The summed E-state index contributed by atoms with van der Waals surface area (Å²) in [6.07, 6.45) is 3.76. The van der Waals surface area contributed by atoms with Crippen LogP contribution in [0.2, 0.25) is 0 Å². The van der Waals surface area contributed by atoms with Gasteiger partial charge in [-0.1, -0.05) is 124 Å². The Hall–Kier alpha value is -5.68. The van der Waals surface area contributed by atoms with E-state index in [1.54, 1.807) is 0 Å². The van der Waals surface area contributed by atoms with Gasteiger partial charge in [0.05, 0.1) is 16.6 Å². The zero-order chi connectivity index (χ0) is 38.1. The van der Waals surface area contributed by atoms with E-state index in [1.165, 1.54) is 16.7 Å². The quantitative estimate of drug-likeness (QED) is 0.150. The second-order valence-electron chi connectivity index (χ2n) is 15.0. The predicted molar refractivity (Wildman–Crippen MR) is 227 cm³/mol. The van der Waals surface area contributed by atoms with Gasteiger partial charge in [-0.25, -0.2) is 4.98 Å². The number of furan rings is 1. The molecule has 4 aromatic heterocycles. The van der Waals surface area contributed by atoms with Crippen molar-refractivity contribution in [1.29, 1.82) is 0 Å². The monoisotopic (exact) mass is 909 g/mol. The SMILES string of the molecule is CC(C)c1cc[c-]c(-c2cc(C(C)C)ccn2)c1.CC(C)c1ccnc(-c2[c-]ccc3c2oc2cc4c(cc23)nc(-c2ccccc2)n4-c2ccccc2)c1.[Ir]. The second kappa shape index (κ2) is 16.6. The number of imidazole rings is 1. The number of nitrogens with zero attached hydrogens (tertiary/aromatic N) is 4. The van der Waals surface area contributed by atoms with Crippen molar-refractivity contribution < 1.29 is 24.5 Å². The Morgan fingerprint density at radius 2 is 1.20 bits per heavy atom. The fourth-order valence-corrected chi connectivity index (χ4v) is 7.01. The summed E-state index contributed by atoms with van der Waals surface area (Å²) in [6.45, 7) is 13.2. The van der Waals surface area contributed by atoms with Gasteiger partial charge in [0.2, 0.25) is 0 Å². The summed E-state index contributed by atoms with van der Waals surface area (Å²) in [7, 11) is 0. The molecule has 6 heteroatoms. The van der Waals surface area contributed by atoms with Crippen molar-refractivity contribution >= 4 is 33.0 Å². The van der Waals surface area contributed by atoms with E-state index >= 15 is 0 Å². The van der Waals surface area contributed by atoms with Crippen molar-refractivity contribution in [2.24, 2.45) is 0 Å². The first-order chi connectivity index (χ1) is 26.7. The minimum atomic E-state index is 0. The van der Waals surface area contributed by atoms with Crippen LogP contribution in [0, 0.1) is 12.1 Å². The molecular formula is C50H44IrN4O-2. The number of rotatable bonds is 7. The molecule has 5 aromatic carbocycles. The molecule has 0 bridgehead atoms. The maximum Gasteiger partial charge on any atom is 0.145 e. The molecular weight excluding hydrogens is 865 g/mol. The van der Waals surface area contributed by atoms with Crippen molar-refractivity contribution in [1.82, 2.24) is 19.5 Å². The van der Waals surface area contributed by atoms with Crippen LogP contribution in [0.4, 0.5) is 0 Å². The first-order valence-corrected chi connectivity index (χ1v) is 19.1. The van der Waals surface area contributed by atoms with Crippen LogP contribution in [0.15, 0.2) is 144 Å². The van der Waals surface area contributed by atoms with E-state index in [1.807, 2.05) is 48.8 Å². The van der Waals surface area contributed by atoms with E-state index in [2.05, 4.69) is 159 Å². The van der Waals surface area contributed by atoms with E-state index in [9.17, 15) is 0 Å². The summed E-state index contributed by atoms with van der Waals surface area (Å²) in [5.74, 6) is 2.38. The van der Waals surface area contributed by atoms with Gasteiger partial charge in [0.25, 0.3) is 0 Å². The number of para-hydroxylation sites is 1. The molecule has 0 fully saturated rings. The molecule has 56 heavy (non-hydrogen) atoms. The minimum absolute atomic E-state index is 0. The topological polar surface area (TPSA) is 56.7 Å². The molecule has 0 spiro atoms. The number of pyridine rings is 2. The van der Waals surface area contributed by atoms with Crippen LogP contribution >= 0.6 is 0 Å². The molecule has 1 radical (unpaired) electrons. The summed E-state index contributed by atoms with van der Waals surface area (Å²) in [4.78, 5) is 14.2. The first-order valence-electron chi connectivity index (χ1n) is 19.1. The van der Waals surface area contributed by atoms with E-state index in [-0.39, 0.29) is 20.1 Å². The van der Waals surface area contributed by atoms with Gasteiger partial charge in [0.15, 0.2) is 0 Å². The first kappa shape index (κ1) is 38.6. The van der Waals surface area contributed by atoms with Crippen LogP contribution in [0.5, 0.6) is 0 Å². The van der Waals surface area contributed by atoms with Gasteiger partial charge < -0.3 is 14.4 Å². The Labute approximate surface area is 342 Å². The number of fused-ring (bicyclic) bond motifs is 4. The van der Waals surface area contributed by atoms with Crippen LogP contribution < -0.4 is 0 Å². The molecule has 281 valence electrons. The van der Waals surface area contributed by atoms with Gasteiger partial charge in [0, 0.05) is 55.2 Å². The van der Waals surface area contributed by atoms with Gasteiger partial charge in [-0.2, -0.15) is 0 Å². The van der Waals surface area contributed by atoms with E-state index in [4.69, 9.17) is 9.40 Å². The smallest absolute Gasteiger partial charge is 0.145 e. The molecule has 5 nitrogen and oxygen atoms in total. The van der Waals surface area contributed by atoms with Gasteiger partial charge in [-0.3, -0.25) is 4.57 Å². The Morgan fingerprint density at radius 1 is 0.589 bits per heavy atom. The summed E-state index contributed by atoms with van der Waals surface area (Å²) >= 11 is 0. The third-order valence-electron chi connectivity index (χ3n) is 10.2. The van der Waals surface area contributed by atoms with Gasteiger partial charge in [0.1, 0.15) is 11.4 Å². The van der Waals surface area contributed by atoms with Crippen LogP contribution in [-0.4, -0.2) is 19.5 Å². The van der Waals surface area contributed by atoms with E-state index in [0.717, 1.165) is 72.6 Å². The molecule has 0 saturated carbocycles. The molecule has 0 N–H and O–H groups in total. The van der Waals surface area contributed by atoms with Crippen LogP contribution in [0.3, 0.4) is 0 Å². The Bertz CT molecular complexity index is 2700. The zero-order valence-corrected chi connectivity index (χ0v) is 34.9. The number of hydrogen-bond acceptors (Lipinski definition) is 4. The summed E-state index contributed by atoms with van der Waals surface area (Å²) in [5.41, 5.74) is 13.4. The Morgan fingerprint density at radius 3 is 1.88 bits per heavy atom. The van der Waals surface area contributed by atoms with Crippen molar-refractivity contribution in [3.05, 3.63) is 169 Å². The molecule has 9 aromatic rings. The van der Waals surface area contributed by atoms with E-state index < -0.39 is 0 Å². The van der Waals surface area contributed by atoms with E-state index in [0.29, 0.717) is 17.8 Å². The summed E-state index contributed by atoms with van der Waals surface area (Å²) < 4.78 is 8.75. The predicted octanol–water partition coefficient (Wildman–Crippen LogP) is 13.4. The minimum Gasteiger partial charge on any atom is -0.501 e. The van der Waals surface area contributed by atoms with Gasteiger partial charge in [-0.05, 0) is 59.5 Å². The maximum atomic E-state index is 6.54. The largest absolute Gasteiger partial charge is 0.501 e. The third-order valence-corrected chi connectivity index (χ3v) is 10.2. The zero-order valence-electron chi connectivity index (χ0n) is 32.5. The normalized spacial score (nSPS) is 11.4. The maximum absolute atomic E-state index is 6.54. The number of aromatic nitrogens is 4. The molecule has 0 aliphatic carbocycles. The molecule has 0 saturated heterocycles. The van der Waals surface area contributed by atoms with Crippen molar-refractivity contribution in [3.63, 3.8) is 0 Å². The van der Waals surface area contributed by atoms with Crippen molar-refractivity contribution in [3.8, 4) is 39.6 Å². The second-order valence-corrected chi connectivity index (χ2v) is 15.0. The van der Waals surface area contributed by atoms with Crippen molar-refractivity contribution in [2.45, 2.75) is 59.3 Å².